The molecule has 0 radical (unpaired) electrons. The lowest BCUT2D eigenvalue weighted by molar-refractivity contribution is -0.116. The molecule has 0 aliphatic carbocycles. The third kappa shape index (κ3) is 3.89. The van der Waals surface area contributed by atoms with Crippen LogP contribution in [-0.2, 0) is 4.79 Å². The van der Waals surface area contributed by atoms with Gasteiger partial charge in [0.15, 0.2) is 0 Å². The number of carbonyl (C=O) groups is 1. The van der Waals surface area contributed by atoms with Crippen LogP contribution in [0.3, 0.4) is 0 Å². The van der Waals surface area contributed by atoms with E-state index < -0.39 is 0 Å². The molecule has 1 amide bonds. The molecule has 0 aliphatic heterocycles. The van der Waals surface area contributed by atoms with Gasteiger partial charge in [0, 0.05) is 12.1 Å². The Morgan fingerprint density at radius 1 is 1.32 bits per heavy atom. The molecule has 2 aromatic rings. The second-order valence-corrected chi connectivity index (χ2v) is 4.14. The SMILES string of the molecule is CNCCCC(=O)Nc1ccc(-n2cncn2)cc1. The number of carbonyl (C=O) groups excluding carboxylic acids is 1. The van der Waals surface area contributed by atoms with Crippen molar-refractivity contribution in [2.24, 2.45) is 0 Å². The average Bonchev–Trinajstić information content (AvgIpc) is 2.94. The zero-order valence-corrected chi connectivity index (χ0v) is 10.8. The number of nitrogens with one attached hydrogen (secondary N) is 2. The van der Waals surface area contributed by atoms with Gasteiger partial charge in [-0.2, -0.15) is 5.10 Å². The summed E-state index contributed by atoms with van der Waals surface area (Å²) in [6.07, 6.45) is 4.47. The molecule has 19 heavy (non-hydrogen) atoms. The highest BCUT2D eigenvalue weighted by atomic mass is 16.1. The molecule has 100 valence electrons. The maximum Gasteiger partial charge on any atom is 0.224 e. The van der Waals surface area contributed by atoms with E-state index in [0.29, 0.717) is 6.42 Å². The van der Waals surface area contributed by atoms with Gasteiger partial charge in [0.05, 0.1) is 5.69 Å². The fourth-order valence-corrected chi connectivity index (χ4v) is 1.69. The molecule has 0 bridgehead atoms. The summed E-state index contributed by atoms with van der Waals surface area (Å²) in [6, 6.07) is 7.48. The zero-order valence-electron chi connectivity index (χ0n) is 10.8. The second kappa shape index (κ2) is 6.65. The summed E-state index contributed by atoms with van der Waals surface area (Å²) >= 11 is 0. The monoisotopic (exact) mass is 259 g/mol. The molecule has 0 unspecified atom stereocenters. The highest BCUT2D eigenvalue weighted by molar-refractivity contribution is 5.90. The summed E-state index contributed by atoms with van der Waals surface area (Å²) in [5.74, 6) is 0.0313. The quantitative estimate of drug-likeness (QED) is 0.765. The third-order valence-electron chi connectivity index (χ3n) is 2.66. The van der Waals surface area contributed by atoms with E-state index in [1.54, 1.807) is 11.0 Å². The van der Waals surface area contributed by atoms with E-state index >= 15 is 0 Å². The fourth-order valence-electron chi connectivity index (χ4n) is 1.69. The Kier molecular flexibility index (Phi) is 4.63. The van der Waals surface area contributed by atoms with E-state index in [1.165, 1.54) is 6.33 Å². The zero-order chi connectivity index (χ0) is 13.5. The summed E-state index contributed by atoms with van der Waals surface area (Å²) in [7, 11) is 1.88. The Hall–Kier alpha value is -2.21. The van der Waals surface area contributed by atoms with Crippen molar-refractivity contribution in [1.29, 1.82) is 0 Å². The van der Waals surface area contributed by atoms with Gasteiger partial charge < -0.3 is 10.6 Å². The minimum absolute atomic E-state index is 0.0313. The van der Waals surface area contributed by atoms with Crippen molar-refractivity contribution in [2.75, 3.05) is 18.9 Å². The predicted octanol–water partition coefficient (Wildman–Crippen LogP) is 1.21. The first-order valence-corrected chi connectivity index (χ1v) is 6.19. The summed E-state index contributed by atoms with van der Waals surface area (Å²) < 4.78 is 1.67. The van der Waals surface area contributed by atoms with Gasteiger partial charge in [0.1, 0.15) is 12.7 Å². The number of hydrogen-bond donors (Lipinski definition) is 2. The van der Waals surface area contributed by atoms with Crippen LogP contribution in [0.15, 0.2) is 36.9 Å². The van der Waals surface area contributed by atoms with Crippen molar-refractivity contribution in [3.05, 3.63) is 36.9 Å². The van der Waals surface area contributed by atoms with Crippen LogP contribution < -0.4 is 10.6 Å². The van der Waals surface area contributed by atoms with Crippen molar-refractivity contribution in [2.45, 2.75) is 12.8 Å². The molecule has 0 saturated carbocycles. The van der Waals surface area contributed by atoms with Crippen LogP contribution in [0.25, 0.3) is 5.69 Å². The summed E-state index contributed by atoms with van der Waals surface area (Å²) in [5.41, 5.74) is 1.70. The largest absolute Gasteiger partial charge is 0.326 e. The van der Waals surface area contributed by atoms with Crippen molar-refractivity contribution in [3.8, 4) is 5.69 Å². The minimum atomic E-state index is 0.0313. The lowest BCUT2D eigenvalue weighted by Crippen LogP contribution is -2.15. The van der Waals surface area contributed by atoms with Crippen LogP contribution >= 0.6 is 0 Å². The minimum Gasteiger partial charge on any atom is -0.326 e. The van der Waals surface area contributed by atoms with Gasteiger partial charge in [0.2, 0.25) is 5.91 Å². The van der Waals surface area contributed by atoms with Gasteiger partial charge in [-0.05, 0) is 44.3 Å². The highest BCUT2D eigenvalue weighted by Crippen LogP contribution is 2.12. The number of anilines is 1. The van der Waals surface area contributed by atoms with E-state index in [4.69, 9.17) is 0 Å². The topological polar surface area (TPSA) is 71.8 Å². The van der Waals surface area contributed by atoms with E-state index in [2.05, 4.69) is 20.7 Å². The van der Waals surface area contributed by atoms with Crippen molar-refractivity contribution < 1.29 is 4.79 Å². The molecule has 0 fully saturated rings. The first-order chi connectivity index (χ1) is 9.29. The number of hydrogen-bond acceptors (Lipinski definition) is 4. The molecular formula is C13H17N5O. The molecule has 0 spiro atoms. The van der Waals surface area contributed by atoms with E-state index in [1.807, 2.05) is 31.3 Å². The standard InChI is InChI=1S/C13H17N5O/c1-14-8-2-3-13(19)17-11-4-6-12(7-5-11)18-10-15-9-16-18/h4-7,9-10,14H,2-3,8H2,1H3,(H,17,19). The van der Waals surface area contributed by atoms with E-state index in [9.17, 15) is 4.79 Å². The molecule has 0 aliphatic rings. The van der Waals surface area contributed by atoms with Gasteiger partial charge in [-0.1, -0.05) is 0 Å². The Morgan fingerprint density at radius 3 is 2.74 bits per heavy atom. The number of benzene rings is 1. The second-order valence-electron chi connectivity index (χ2n) is 4.14. The summed E-state index contributed by atoms with van der Waals surface area (Å²) in [4.78, 5) is 15.5. The molecule has 0 saturated heterocycles. The van der Waals surface area contributed by atoms with Crippen LogP contribution in [0.5, 0.6) is 0 Å². The maximum absolute atomic E-state index is 11.6. The Balaban J connectivity index is 1.90. The van der Waals surface area contributed by atoms with Crippen LogP contribution in [0.4, 0.5) is 5.69 Å². The molecule has 1 aromatic heterocycles. The molecule has 6 nitrogen and oxygen atoms in total. The average molecular weight is 259 g/mol. The van der Waals surface area contributed by atoms with Gasteiger partial charge in [-0.15, -0.1) is 0 Å². The van der Waals surface area contributed by atoms with Crippen molar-refractivity contribution in [1.82, 2.24) is 20.1 Å². The fraction of sp³-hybridized carbons (Fsp3) is 0.308. The third-order valence-corrected chi connectivity index (χ3v) is 2.66. The van der Waals surface area contributed by atoms with Crippen LogP contribution in [0.2, 0.25) is 0 Å². The summed E-state index contributed by atoms with van der Waals surface area (Å²) in [5, 5.41) is 9.91. The number of nitrogens with zero attached hydrogens (tertiary/aromatic N) is 3. The van der Waals surface area contributed by atoms with Crippen LogP contribution in [0, 0.1) is 0 Å². The molecule has 6 heteroatoms. The Morgan fingerprint density at radius 2 is 2.11 bits per heavy atom. The van der Waals surface area contributed by atoms with Crippen molar-refractivity contribution >= 4 is 11.6 Å². The molecule has 1 aromatic carbocycles. The number of rotatable bonds is 6. The number of aromatic nitrogens is 3. The van der Waals surface area contributed by atoms with Gasteiger partial charge in [-0.3, -0.25) is 4.79 Å². The molecule has 0 atom stereocenters. The van der Waals surface area contributed by atoms with Gasteiger partial charge >= 0.3 is 0 Å². The smallest absolute Gasteiger partial charge is 0.224 e. The molecule has 1 heterocycles. The van der Waals surface area contributed by atoms with Crippen LogP contribution in [0.1, 0.15) is 12.8 Å². The van der Waals surface area contributed by atoms with E-state index in [-0.39, 0.29) is 5.91 Å². The van der Waals surface area contributed by atoms with Crippen LogP contribution in [-0.4, -0.2) is 34.3 Å². The Bertz CT molecular complexity index is 506. The Labute approximate surface area is 111 Å². The predicted molar refractivity (Wildman–Crippen MR) is 73.1 cm³/mol. The first-order valence-electron chi connectivity index (χ1n) is 6.19. The molecular weight excluding hydrogens is 242 g/mol. The van der Waals surface area contributed by atoms with Gasteiger partial charge in [-0.25, -0.2) is 9.67 Å². The highest BCUT2D eigenvalue weighted by Gasteiger charge is 2.02. The number of amides is 1. The molecule has 2 N–H and O–H groups in total. The summed E-state index contributed by atoms with van der Waals surface area (Å²) in [6.45, 7) is 0.846. The maximum atomic E-state index is 11.6. The normalized spacial score (nSPS) is 10.4. The molecule has 2 rings (SSSR count). The lowest BCUT2D eigenvalue weighted by atomic mass is 10.2. The van der Waals surface area contributed by atoms with Gasteiger partial charge in [0.25, 0.3) is 0 Å². The first kappa shape index (κ1) is 13.2. The van der Waals surface area contributed by atoms with E-state index in [0.717, 1.165) is 24.3 Å². The lowest BCUT2D eigenvalue weighted by Gasteiger charge is -2.06. The van der Waals surface area contributed by atoms with Crippen molar-refractivity contribution in [3.63, 3.8) is 0 Å².